The minimum absolute atomic E-state index is 0.0905. The lowest BCUT2D eigenvalue weighted by Crippen LogP contribution is -2.44. The van der Waals surface area contributed by atoms with Crippen LogP contribution >= 0.6 is 0 Å². The van der Waals surface area contributed by atoms with E-state index in [1.54, 1.807) is 0 Å². The second kappa shape index (κ2) is 8.47. The molecule has 0 aromatic carbocycles. The lowest BCUT2D eigenvalue weighted by atomic mass is 9.93. The van der Waals surface area contributed by atoms with Crippen molar-refractivity contribution in [2.24, 2.45) is 0 Å². The molecular formula is C15H28N2O3. The summed E-state index contributed by atoms with van der Waals surface area (Å²) in [5.41, 5.74) is 0. The van der Waals surface area contributed by atoms with Crippen molar-refractivity contribution in [1.82, 2.24) is 10.6 Å². The predicted octanol–water partition coefficient (Wildman–Crippen LogP) is 1.94. The van der Waals surface area contributed by atoms with Crippen LogP contribution in [0.3, 0.4) is 0 Å². The van der Waals surface area contributed by atoms with Crippen molar-refractivity contribution in [3.05, 3.63) is 0 Å². The number of carbonyl (C=O) groups excluding carboxylic acids is 1. The van der Waals surface area contributed by atoms with Gasteiger partial charge in [0.25, 0.3) is 0 Å². The summed E-state index contributed by atoms with van der Waals surface area (Å²) in [6, 6.07) is 0.125. The normalized spacial score (nSPS) is 27.4. The molecule has 0 unspecified atom stereocenters. The zero-order chi connectivity index (χ0) is 14.2. The average molecular weight is 284 g/mol. The van der Waals surface area contributed by atoms with Crippen LogP contribution in [0.4, 0.5) is 4.79 Å². The first-order valence-electron chi connectivity index (χ1n) is 8.08. The number of urea groups is 1. The first-order valence-corrected chi connectivity index (χ1v) is 8.08. The quantitative estimate of drug-likeness (QED) is 0.653. The molecule has 0 saturated heterocycles. The highest BCUT2D eigenvalue weighted by atomic mass is 16.5. The van der Waals surface area contributed by atoms with Gasteiger partial charge >= 0.3 is 6.03 Å². The van der Waals surface area contributed by atoms with E-state index in [0.717, 1.165) is 38.7 Å². The minimum Gasteiger partial charge on any atom is -0.393 e. The van der Waals surface area contributed by atoms with Crippen molar-refractivity contribution < 1.29 is 14.6 Å². The largest absolute Gasteiger partial charge is 0.393 e. The number of ether oxygens (including phenoxy) is 1. The van der Waals surface area contributed by atoms with Crippen molar-refractivity contribution in [2.45, 2.75) is 76.0 Å². The third kappa shape index (κ3) is 5.67. The molecule has 2 rings (SSSR count). The van der Waals surface area contributed by atoms with Crippen LogP contribution in [0.5, 0.6) is 0 Å². The van der Waals surface area contributed by atoms with Gasteiger partial charge in [0.1, 0.15) is 0 Å². The molecule has 5 heteroatoms. The summed E-state index contributed by atoms with van der Waals surface area (Å²) < 4.78 is 5.75. The fraction of sp³-hybridized carbons (Fsp3) is 0.933. The van der Waals surface area contributed by atoms with Crippen LogP contribution in [0, 0.1) is 0 Å². The summed E-state index contributed by atoms with van der Waals surface area (Å²) in [7, 11) is 0. The Labute approximate surface area is 121 Å². The Morgan fingerprint density at radius 3 is 2.50 bits per heavy atom. The Hall–Kier alpha value is -0.810. The van der Waals surface area contributed by atoms with Crippen LogP contribution in [0.2, 0.25) is 0 Å². The first kappa shape index (κ1) is 15.6. The van der Waals surface area contributed by atoms with E-state index in [1.165, 1.54) is 25.7 Å². The molecule has 2 amide bonds. The Morgan fingerprint density at radius 2 is 1.80 bits per heavy atom. The second-order valence-electron chi connectivity index (χ2n) is 6.04. The van der Waals surface area contributed by atoms with E-state index in [9.17, 15) is 9.90 Å². The Kier molecular flexibility index (Phi) is 6.60. The van der Waals surface area contributed by atoms with Crippen molar-refractivity contribution >= 4 is 6.03 Å². The maximum atomic E-state index is 11.7. The zero-order valence-electron chi connectivity index (χ0n) is 12.3. The maximum Gasteiger partial charge on any atom is 0.315 e. The molecule has 0 aromatic rings. The molecule has 0 heterocycles. The highest BCUT2D eigenvalue weighted by molar-refractivity contribution is 5.74. The highest BCUT2D eigenvalue weighted by Crippen LogP contribution is 2.20. The van der Waals surface area contributed by atoms with E-state index >= 15 is 0 Å². The molecule has 0 radical (unpaired) electrons. The lowest BCUT2D eigenvalue weighted by molar-refractivity contribution is 0.0571. The van der Waals surface area contributed by atoms with E-state index in [2.05, 4.69) is 10.6 Å². The fourth-order valence-corrected chi connectivity index (χ4v) is 3.04. The summed E-state index contributed by atoms with van der Waals surface area (Å²) in [5.74, 6) is 0. The summed E-state index contributed by atoms with van der Waals surface area (Å²) in [6.07, 6.45) is 9.46. The van der Waals surface area contributed by atoms with E-state index in [0.29, 0.717) is 12.6 Å². The van der Waals surface area contributed by atoms with Crippen LogP contribution in [0.1, 0.15) is 57.8 Å². The zero-order valence-corrected chi connectivity index (χ0v) is 12.3. The third-order valence-electron chi connectivity index (χ3n) is 4.29. The van der Waals surface area contributed by atoms with Gasteiger partial charge in [0.15, 0.2) is 0 Å². The number of hydrogen-bond donors (Lipinski definition) is 3. The molecule has 2 fully saturated rings. The number of hydrogen-bond acceptors (Lipinski definition) is 3. The molecule has 0 spiro atoms. The van der Waals surface area contributed by atoms with E-state index in [4.69, 9.17) is 4.74 Å². The molecule has 116 valence electrons. The number of aliphatic hydroxyl groups is 1. The van der Waals surface area contributed by atoms with E-state index in [1.807, 2.05) is 0 Å². The topological polar surface area (TPSA) is 70.6 Å². The maximum absolute atomic E-state index is 11.7. The fourth-order valence-electron chi connectivity index (χ4n) is 3.04. The van der Waals surface area contributed by atoms with Gasteiger partial charge in [-0.25, -0.2) is 4.79 Å². The van der Waals surface area contributed by atoms with Gasteiger partial charge in [-0.3, -0.25) is 0 Å². The third-order valence-corrected chi connectivity index (χ3v) is 4.29. The molecule has 0 aliphatic heterocycles. The summed E-state index contributed by atoms with van der Waals surface area (Å²) in [6.45, 7) is 1.40. The number of nitrogens with one attached hydrogen (secondary N) is 2. The number of amides is 2. The summed E-state index contributed by atoms with van der Waals surface area (Å²) >= 11 is 0. The molecule has 0 bridgehead atoms. The second-order valence-corrected chi connectivity index (χ2v) is 6.04. The van der Waals surface area contributed by atoms with Gasteiger partial charge < -0.3 is 20.5 Å². The van der Waals surface area contributed by atoms with E-state index in [-0.39, 0.29) is 18.2 Å². The molecule has 5 nitrogen and oxygen atoms in total. The van der Waals surface area contributed by atoms with Gasteiger partial charge in [-0.15, -0.1) is 0 Å². The molecule has 20 heavy (non-hydrogen) atoms. The van der Waals surface area contributed by atoms with Gasteiger partial charge in [-0.05, 0) is 44.9 Å². The summed E-state index contributed by atoms with van der Waals surface area (Å²) in [4.78, 5) is 11.7. The number of carbonyl (C=O) groups is 1. The molecule has 2 aliphatic rings. The highest BCUT2D eigenvalue weighted by Gasteiger charge is 2.20. The first-order chi connectivity index (χ1) is 9.74. The van der Waals surface area contributed by atoms with Gasteiger partial charge in [-0.2, -0.15) is 0 Å². The standard InChI is InChI=1S/C15H28N2O3/c18-13-8-6-12(7-9-13)17-15(19)16-10-3-11-20-14-4-1-2-5-14/h12-14,18H,1-11H2,(H2,16,17,19). The predicted molar refractivity (Wildman–Crippen MR) is 77.6 cm³/mol. The monoisotopic (exact) mass is 284 g/mol. The van der Waals surface area contributed by atoms with Crippen LogP contribution in [-0.4, -0.2) is 42.5 Å². The molecule has 2 saturated carbocycles. The van der Waals surface area contributed by atoms with Crippen LogP contribution in [-0.2, 0) is 4.74 Å². The average Bonchev–Trinajstić information content (AvgIpc) is 2.94. The van der Waals surface area contributed by atoms with Gasteiger partial charge in [-0.1, -0.05) is 12.8 Å². The molecule has 0 aromatic heterocycles. The Morgan fingerprint density at radius 1 is 1.10 bits per heavy atom. The van der Waals surface area contributed by atoms with Gasteiger partial charge in [0.05, 0.1) is 12.2 Å². The van der Waals surface area contributed by atoms with Crippen LogP contribution in [0.15, 0.2) is 0 Å². The molecular weight excluding hydrogens is 256 g/mol. The van der Waals surface area contributed by atoms with Crippen molar-refractivity contribution in [3.63, 3.8) is 0 Å². The van der Waals surface area contributed by atoms with Crippen molar-refractivity contribution in [1.29, 1.82) is 0 Å². The molecule has 3 N–H and O–H groups in total. The summed E-state index contributed by atoms with van der Waals surface area (Å²) in [5, 5.41) is 15.3. The lowest BCUT2D eigenvalue weighted by Gasteiger charge is -2.26. The van der Waals surface area contributed by atoms with Crippen LogP contribution < -0.4 is 10.6 Å². The van der Waals surface area contributed by atoms with Crippen LogP contribution in [0.25, 0.3) is 0 Å². The smallest absolute Gasteiger partial charge is 0.315 e. The SMILES string of the molecule is O=C(NCCCOC1CCCC1)NC1CCC(O)CC1. The van der Waals surface area contributed by atoms with Crippen molar-refractivity contribution in [3.8, 4) is 0 Å². The van der Waals surface area contributed by atoms with Gasteiger partial charge in [0.2, 0.25) is 0 Å². The number of rotatable bonds is 6. The van der Waals surface area contributed by atoms with Crippen molar-refractivity contribution in [2.75, 3.05) is 13.2 Å². The Balaban J connectivity index is 1.45. The van der Waals surface area contributed by atoms with Gasteiger partial charge in [0, 0.05) is 19.2 Å². The van der Waals surface area contributed by atoms with E-state index < -0.39 is 0 Å². The number of aliphatic hydroxyl groups excluding tert-OH is 1. The minimum atomic E-state index is -0.177. The Bertz CT molecular complexity index is 285. The molecule has 0 atom stereocenters. The molecule has 2 aliphatic carbocycles.